The lowest BCUT2D eigenvalue weighted by Gasteiger charge is -2.13. The molecular weight excluding hydrogens is 467 g/mol. The first kappa shape index (κ1) is 24.3. The summed E-state index contributed by atoms with van der Waals surface area (Å²) >= 11 is 0. The number of hydrogen-bond donors (Lipinski definition) is 2. The van der Waals surface area contributed by atoms with E-state index in [0.29, 0.717) is 28.7 Å². The van der Waals surface area contributed by atoms with Gasteiger partial charge in [-0.25, -0.2) is 9.82 Å². The second-order valence-electron chi connectivity index (χ2n) is 8.09. The minimum Gasteiger partial charge on any atom is -0.455 e. The molecule has 0 aliphatic rings. The number of aromatic nitrogens is 3. The van der Waals surface area contributed by atoms with Crippen LogP contribution in [0.5, 0.6) is 0 Å². The zero-order valence-corrected chi connectivity index (χ0v) is 20.0. The predicted octanol–water partition coefficient (Wildman–Crippen LogP) is 5.05. The summed E-state index contributed by atoms with van der Waals surface area (Å²) in [4.78, 5) is 25.4. The van der Waals surface area contributed by atoms with E-state index in [1.165, 1.54) is 24.4 Å². The van der Waals surface area contributed by atoms with Crippen molar-refractivity contribution in [3.8, 4) is 11.3 Å². The SMILES string of the molecule is Cc1cc([N+](=O)[O-])c(C)cc1-c1ccc(/C=N\Nc2nc(Nc3ccc(F)cc3)nc(N(C)C)n2)o1. The highest BCUT2D eigenvalue weighted by Crippen LogP contribution is 2.31. The van der Waals surface area contributed by atoms with Crippen LogP contribution in [0.25, 0.3) is 11.3 Å². The number of benzene rings is 2. The molecule has 184 valence electrons. The minimum atomic E-state index is -0.401. The average Bonchev–Trinajstić information content (AvgIpc) is 3.30. The fourth-order valence-electron chi connectivity index (χ4n) is 3.32. The first-order valence-corrected chi connectivity index (χ1v) is 10.8. The molecule has 0 atom stereocenters. The Kier molecular flexibility index (Phi) is 6.86. The Morgan fingerprint density at radius 1 is 1.03 bits per heavy atom. The van der Waals surface area contributed by atoms with E-state index in [9.17, 15) is 14.5 Å². The Morgan fingerprint density at radius 3 is 2.44 bits per heavy atom. The highest BCUT2D eigenvalue weighted by Gasteiger charge is 2.16. The van der Waals surface area contributed by atoms with Crippen LogP contribution in [-0.2, 0) is 0 Å². The van der Waals surface area contributed by atoms with Crippen molar-refractivity contribution in [2.24, 2.45) is 5.10 Å². The van der Waals surface area contributed by atoms with Crippen molar-refractivity contribution >= 4 is 35.4 Å². The standard InChI is InChI=1S/C24H23FN8O3/c1-14-12-20(33(34)35)15(2)11-19(14)21-10-9-18(36-21)13-26-31-23-28-22(29-24(30-23)32(3)4)27-17-7-5-16(25)6-8-17/h5-13H,1-4H3,(H2,27,28,29,30,31)/b26-13-. The lowest BCUT2D eigenvalue weighted by Crippen LogP contribution is -2.15. The molecule has 2 heterocycles. The summed E-state index contributed by atoms with van der Waals surface area (Å²) in [6.07, 6.45) is 1.46. The summed E-state index contributed by atoms with van der Waals surface area (Å²) in [7, 11) is 3.58. The number of halogens is 1. The third-order valence-electron chi connectivity index (χ3n) is 5.11. The molecule has 0 saturated carbocycles. The van der Waals surface area contributed by atoms with Crippen molar-refractivity contribution in [2.45, 2.75) is 13.8 Å². The number of hydrogen-bond acceptors (Lipinski definition) is 10. The van der Waals surface area contributed by atoms with Crippen LogP contribution in [0.1, 0.15) is 16.9 Å². The predicted molar refractivity (Wildman–Crippen MR) is 135 cm³/mol. The van der Waals surface area contributed by atoms with E-state index in [4.69, 9.17) is 4.42 Å². The van der Waals surface area contributed by atoms with Crippen LogP contribution in [0, 0.1) is 29.8 Å². The van der Waals surface area contributed by atoms with Crippen molar-refractivity contribution in [1.29, 1.82) is 0 Å². The highest BCUT2D eigenvalue weighted by molar-refractivity contribution is 5.78. The third-order valence-corrected chi connectivity index (χ3v) is 5.11. The molecule has 36 heavy (non-hydrogen) atoms. The Balaban J connectivity index is 1.51. The van der Waals surface area contributed by atoms with E-state index < -0.39 is 4.92 Å². The van der Waals surface area contributed by atoms with E-state index in [0.717, 1.165) is 11.1 Å². The van der Waals surface area contributed by atoms with Gasteiger partial charge in [0.2, 0.25) is 17.8 Å². The number of hydrazone groups is 1. The van der Waals surface area contributed by atoms with E-state index >= 15 is 0 Å². The van der Waals surface area contributed by atoms with Crippen molar-refractivity contribution in [3.05, 3.63) is 81.3 Å². The average molecular weight is 490 g/mol. The van der Waals surface area contributed by atoms with Crippen LogP contribution in [-0.4, -0.2) is 40.2 Å². The number of nitrogens with zero attached hydrogens (tertiary/aromatic N) is 6. The number of aryl methyl sites for hydroxylation is 2. The van der Waals surface area contributed by atoms with Gasteiger partial charge in [-0.2, -0.15) is 20.1 Å². The molecule has 11 nitrogen and oxygen atoms in total. The lowest BCUT2D eigenvalue weighted by molar-refractivity contribution is -0.385. The van der Waals surface area contributed by atoms with Gasteiger partial charge in [0.25, 0.3) is 5.69 Å². The monoisotopic (exact) mass is 490 g/mol. The largest absolute Gasteiger partial charge is 0.455 e. The molecule has 2 N–H and O–H groups in total. The summed E-state index contributed by atoms with van der Waals surface area (Å²) in [5.41, 5.74) is 5.47. The first-order valence-electron chi connectivity index (χ1n) is 10.8. The van der Waals surface area contributed by atoms with Crippen LogP contribution < -0.4 is 15.6 Å². The van der Waals surface area contributed by atoms with Crippen LogP contribution in [0.15, 0.2) is 58.0 Å². The van der Waals surface area contributed by atoms with E-state index in [1.54, 1.807) is 63.2 Å². The number of anilines is 4. The molecule has 0 spiro atoms. The van der Waals surface area contributed by atoms with Crippen molar-refractivity contribution in [1.82, 2.24) is 15.0 Å². The molecule has 2 aromatic carbocycles. The van der Waals surface area contributed by atoms with Gasteiger partial charge in [-0.05, 0) is 61.9 Å². The smallest absolute Gasteiger partial charge is 0.272 e. The van der Waals surface area contributed by atoms with Gasteiger partial charge in [0.05, 0.1) is 11.1 Å². The fraction of sp³-hybridized carbons (Fsp3) is 0.167. The first-order chi connectivity index (χ1) is 17.2. The van der Waals surface area contributed by atoms with E-state index in [1.807, 2.05) is 0 Å². The quantitative estimate of drug-likeness (QED) is 0.198. The normalized spacial score (nSPS) is 11.0. The van der Waals surface area contributed by atoms with Gasteiger partial charge < -0.3 is 14.6 Å². The molecule has 4 aromatic rings. The summed E-state index contributed by atoms with van der Waals surface area (Å²) in [6, 6.07) is 12.6. The van der Waals surface area contributed by atoms with Gasteiger partial charge in [-0.3, -0.25) is 10.1 Å². The van der Waals surface area contributed by atoms with Gasteiger partial charge in [0.1, 0.15) is 17.3 Å². The van der Waals surface area contributed by atoms with Crippen molar-refractivity contribution in [3.63, 3.8) is 0 Å². The second kappa shape index (κ2) is 10.2. The topological polar surface area (TPSA) is 135 Å². The number of nitro benzene ring substituents is 1. The maximum Gasteiger partial charge on any atom is 0.272 e. The van der Waals surface area contributed by atoms with Crippen LogP contribution >= 0.6 is 0 Å². The maximum atomic E-state index is 13.2. The van der Waals surface area contributed by atoms with Crippen LogP contribution in [0.2, 0.25) is 0 Å². The summed E-state index contributed by atoms with van der Waals surface area (Å²) < 4.78 is 19.0. The Hall–Kier alpha value is -4.87. The highest BCUT2D eigenvalue weighted by atomic mass is 19.1. The zero-order chi connectivity index (χ0) is 25.8. The lowest BCUT2D eigenvalue weighted by atomic mass is 10.0. The molecular formula is C24H23FN8O3. The molecule has 0 bridgehead atoms. The molecule has 0 saturated heterocycles. The van der Waals surface area contributed by atoms with Gasteiger partial charge >= 0.3 is 0 Å². The molecule has 4 rings (SSSR count). The zero-order valence-electron chi connectivity index (χ0n) is 20.0. The van der Waals surface area contributed by atoms with Gasteiger partial charge in [0, 0.05) is 37.0 Å². The Labute approximate surface area is 205 Å². The van der Waals surface area contributed by atoms with Gasteiger partial charge in [-0.1, -0.05) is 0 Å². The van der Waals surface area contributed by atoms with Crippen LogP contribution in [0.4, 0.5) is 33.6 Å². The molecule has 2 aromatic heterocycles. The molecule has 0 unspecified atom stereocenters. The summed E-state index contributed by atoms with van der Waals surface area (Å²) in [5, 5.41) is 18.3. The molecule has 0 fully saturated rings. The van der Waals surface area contributed by atoms with Gasteiger partial charge in [0.15, 0.2) is 0 Å². The Morgan fingerprint density at radius 2 is 1.75 bits per heavy atom. The number of nitro groups is 1. The molecule has 0 aliphatic carbocycles. The summed E-state index contributed by atoms with van der Waals surface area (Å²) in [6.45, 7) is 3.48. The summed E-state index contributed by atoms with van der Waals surface area (Å²) in [5.74, 6) is 1.50. The van der Waals surface area contributed by atoms with E-state index in [2.05, 4.69) is 30.8 Å². The minimum absolute atomic E-state index is 0.0662. The fourth-order valence-corrected chi connectivity index (χ4v) is 3.32. The molecule has 0 amide bonds. The molecule has 0 radical (unpaired) electrons. The van der Waals surface area contributed by atoms with Crippen molar-refractivity contribution in [2.75, 3.05) is 29.7 Å². The number of nitrogens with one attached hydrogen (secondary N) is 2. The maximum absolute atomic E-state index is 13.2. The Bertz CT molecular complexity index is 1430. The second-order valence-corrected chi connectivity index (χ2v) is 8.09. The molecule has 0 aliphatic heterocycles. The number of rotatable bonds is 8. The van der Waals surface area contributed by atoms with Crippen molar-refractivity contribution < 1.29 is 13.7 Å². The van der Waals surface area contributed by atoms with E-state index in [-0.39, 0.29) is 23.4 Å². The molecule has 12 heteroatoms. The third kappa shape index (κ3) is 5.60. The number of furan rings is 1. The van der Waals surface area contributed by atoms with Gasteiger partial charge in [-0.15, -0.1) is 0 Å². The van der Waals surface area contributed by atoms with Crippen LogP contribution in [0.3, 0.4) is 0 Å².